The lowest BCUT2D eigenvalue weighted by molar-refractivity contribution is 0.0709. The van der Waals surface area contributed by atoms with Gasteiger partial charge in [-0.15, -0.1) is 12.4 Å². The van der Waals surface area contributed by atoms with Crippen LogP contribution >= 0.6 is 23.7 Å². The molecule has 1 amide bonds. The Kier molecular flexibility index (Phi) is 4.77. The maximum Gasteiger partial charge on any atom is 0.255 e. The second-order valence-corrected chi connectivity index (χ2v) is 4.82. The zero-order valence-corrected chi connectivity index (χ0v) is 11.2. The molecule has 3 nitrogen and oxygen atoms in total. The highest BCUT2D eigenvalue weighted by Crippen LogP contribution is 2.16. The second kappa shape index (κ2) is 5.66. The van der Waals surface area contributed by atoms with Crippen molar-refractivity contribution in [3.05, 3.63) is 21.9 Å². The number of carbonyl (C=O) groups excluding carboxylic acids is 1. The lowest BCUT2D eigenvalue weighted by Gasteiger charge is -2.31. The highest BCUT2D eigenvalue weighted by molar-refractivity contribution is 7.08. The van der Waals surface area contributed by atoms with Crippen LogP contribution in [-0.4, -0.2) is 36.5 Å². The normalized spacial score (nSPS) is 20.4. The van der Waals surface area contributed by atoms with Crippen LogP contribution < -0.4 is 5.32 Å². The van der Waals surface area contributed by atoms with Crippen molar-refractivity contribution in [1.82, 2.24) is 10.2 Å². The van der Waals surface area contributed by atoms with Crippen molar-refractivity contribution in [2.24, 2.45) is 0 Å². The fraction of sp³-hybridized carbons (Fsp3) is 0.545. The molecular formula is C11H17ClN2OS. The van der Waals surface area contributed by atoms with E-state index in [0.717, 1.165) is 30.8 Å². The van der Waals surface area contributed by atoms with E-state index in [2.05, 4.69) is 12.2 Å². The van der Waals surface area contributed by atoms with Gasteiger partial charge < -0.3 is 10.2 Å². The molecule has 0 aliphatic carbocycles. The summed E-state index contributed by atoms with van der Waals surface area (Å²) < 4.78 is 0. The van der Waals surface area contributed by atoms with Crippen LogP contribution in [0.25, 0.3) is 0 Å². The standard InChI is InChI=1S/C11H16N2OS.ClH/c1-8-6-15-7-10(8)11(14)13-4-3-12-9(2)5-13;/h6-7,9,12H,3-5H2,1-2H3;1H/t9-;/m1./s1. The Hall–Kier alpha value is -0.580. The third-order valence-electron chi connectivity index (χ3n) is 2.74. The third kappa shape index (κ3) is 2.75. The van der Waals surface area contributed by atoms with E-state index in [1.807, 2.05) is 22.6 Å². The summed E-state index contributed by atoms with van der Waals surface area (Å²) >= 11 is 1.60. The minimum absolute atomic E-state index is 0. The van der Waals surface area contributed by atoms with Gasteiger partial charge in [0.05, 0.1) is 5.56 Å². The van der Waals surface area contributed by atoms with Gasteiger partial charge in [-0.1, -0.05) is 0 Å². The Morgan fingerprint density at radius 1 is 1.56 bits per heavy atom. The Morgan fingerprint density at radius 2 is 2.31 bits per heavy atom. The molecule has 16 heavy (non-hydrogen) atoms. The molecule has 0 saturated carbocycles. The molecule has 1 aromatic heterocycles. The number of nitrogens with zero attached hydrogens (tertiary/aromatic N) is 1. The van der Waals surface area contributed by atoms with Gasteiger partial charge in [-0.2, -0.15) is 11.3 Å². The van der Waals surface area contributed by atoms with E-state index in [-0.39, 0.29) is 18.3 Å². The molecule has 1 aliphatic rings. The molecule has 5 heteroatoms. The topological polar surface area (TPSA) is 32.3 Å². The molecular weight excluding hydrogens is 244 g/mol. The molecule has 0 spiro atoms. The number of halogens is 1. The van der Waals surface area contributed by atoms with Gasteiger partial charge in [-0.25, -0.2) is 0 Å². The minimum Gasteiger partial charge on any atom is -0.336 e. The molecule has 1 atom stereocenters. The van der Waals surface area contributed by atoms with Crippen molar-refractivity contribution < 1.29 is 4.79 Å². The van der Waals surface area contributed by atoms with Gasteiger partial charge in [-0.3, -0.25) is 4.79 Å². The monoisotopic (exact) mass is 260 g/mol. The predicted octanol–water partition coefficient (Wildman–Crippen LogP) is 1.91. The molecule has 90 valence electrons. The fourth-order valence-corrected chi connectivity index (χ4v) is 2.69. The minimum atomic E-state index is 0. The first-order valence-electron chi connectivity index (χ1n) is 5.24. The van der Waals surface area contributed by atoms with E-state index < -0.39 is 0 Å². The van der Waals surface area contributed by atoms with Crippen molar-refractivity contribution >= 4 is 29.7 Å². The average Bonchev–Trinajstić information content (AvgIpc) is 2.63. The smallest absolute Gasteiger partial charge is 0.255 e. The molecule has 2 rings (SSSR count). The predicted molar refractivity (Wildman–Crippen MR) is 69.7 cm³/mol. The first kappa shape index (κ1) is 13.5. The largest absolute Gasteiger partial charge is 0.336 e. The van der Waals surface area contributed by atoms with Gasteiger partial charge in [0.15, 0.2) is 0 Å². The summed E-state index contributed by atoms with van der Waals surface area (Å²) in [5.74, 6) is 0.183. The van der Waals surface area contributed by atoms with E-state index in [1.165, 1.54) is 0 Å². The van der Waals surface area contributed by atoms with Crippen molar-refractivity contribution in [3.63, 3.8) is 0 Å². The first-order valence-corrected chi connectivity index (χ1v) is 6.18. The molecule has 0 radical (unpaired) electrons. The molecule has 1 fully saturated rings. The number of hydrogen-bond donors (Lipinski definition) is 1. The highest BCUT2D eigenvalue weighted by Gasteiger charge is 2.22. The zero-order valence-electron chi connectivity index (χ0n) is 9.53. The van der Waals surface area contributed by atoms with Gasteiger partial charge in [-0.05, 0) is 24.8 Å². The van der Waals surface area contributed by atoms with E-state index in [0.29, 0.717) is 6.04 Å². The molecule has 0 unspecified atom stereocenters. The number of nitrogens with one attached hydrogen (secondary N) is 1. The fourth-order valence-electron chi connectivity index (χ4n) is 1.87. The second-order valence-electron chi connectivity index (χ2n) is 4.07. The van der Waals surface area contributed by atoms with Crippen LogP contribution in [0.15, 0.2) is 10.8 Å². The third-order valence-corrected chi connectivity index (χ3v) is 3.60. The van der Waals surface area contributed by atoms with Gasteiger partial charge in [0.2, 0.25) is 0 Å². The van der Waals surface area contributed by atoms with Crippen LogP contribution in [0.4, 0.5) is 0 Å². The van der Waals surface area contributed by atoms with Crippen LogP contribution in [0, 0.1) is 6.92 Å². The zero-order chi connectivity index (χ0) is 10.8. The van der Waals surface area contributed by atoms with Crippen molar-refractivity contribution in [2.75, 3.05) is 19.6 Å². The number of carbonyl (C=O) groups is 1. The summed E-state index contributed by atoms with van der Waals surface area (Å²) in [6.45, 7) is 6.64. The van der Waals surface area contributed by atoms with E-state index in [9.17, 15) is 4.79 Å². The summed E-state index contributed by atoms with van der Waals surface area (Å²) in [7, 11) is 0. The lowest BCUT2D eigenvalue weighted by atomic mass is 10.1. The maximum absolute atomic E-state index is 12.1. The lowest BCUT2D eigenvalue weighted by Crippen LogP contribution is -2.51. The summed E-state index contributed by atoms with van der Waals surface area (Å²) in [6, 6.07) is 0.404. The quantitative estimate of drug-likeness (QED) is 0.837. The number of thiophene rings is 1. The van der Waals surface area contributed by atoms with Gasteiger partial charge in [0, 0.05) is 31.1 Å². The van der Waals surface area contributed by atoms with Crippen molar-refractivity contribution in [2.45, 2.75) is 19.9 Å². The molecule has 1 N–H and O–H groups in total. The Balaban J connectivity index is 0.00000128. The van der Waals surface area contributed by atoms with E-state index in [4.69, 9.17) is 0 Å². The van der Waals surface area contributed by atoms with Crippen LogP contribution in [0.5, 0.6) is 0 Å². The number of hydrogen-bond acceptors (Lipinski definition) is 3. The Labute approximate surface area is 106 Å². The van der Waals surface area contributed by atoms with Crippen molar-refractivity contribution in [3.8, 4) is 0 Å². The van der Waals surface area contributed by atoms with E-state index in [1.54, 1.807) is 11.3 Å². The molecule has 0 aromatic carbocycles. The average molecular weight is 261 g/mol. The summed E-state index contributed by atoms with van der Waals surface area (Å²) in [5.41, 5.74) is 1.96. The van der Waals surface area contributed by atoms with Crippen LogP contribution in [-0.2, 0) is 0 Å². The Morgan fingerprint density at radius 3 is 2.88 bits per heavy atom. The van der Waals surface area contributed by atoms with Crippen molar-refractivity contribution in [1.29, 1.82) is 0 Å². The van der Waals surface area contributed by atoms with Crippen LogP contribution in [0.3, 0.4) is 0 Å². The molecule has 2 heterocycles. The maximum atomic E-state index is 12.1. The molecule has 0 bridgehead atoms. The Bertz CT molecular complexity index is 367. The molecule has 1 saturated heterocycles. The summed E-state index contributed by atoms with van der Waals surface area (Å²) in [4.78, 5) is 14.1. The number of aryl methyl sites for hydroxylation is 1. The summed E-state index contributed by atoms with van der Waals surface area (Å²) in [6.07, 6.45) is 0. The van der Waals surface area contributed by atoms with Gasteiger partial charge >= 0.3 is 0 Å². The SMILES string of the molecule is Cc1cscc1C(=O)N1CCN[C@H](C)C1.Cl. The van der Waals surface area contributed by atoms with Gasteiger partial charge in [0.1, 0.15) is 0 Å². The molecule has 1 aromatic rings. The molecule has 1 aliphatic heterocycles. The van der Waals surface area contributed by atoms with Gasteiger partial charge in [0.25, 0.3) is 5.91 Å². The number of rotatable bonds is 1. The van der Waals surface area contributed by atoms with Crippen LogP contribution in [0.2, 0.25) is 0 Å². The van der Waals surface area contributed by atoms with E-state index >= 15 is 0 Å². The first-order chi connectivity index (χ1) is 7.18. The summed E-state index contributed by atoms with van der Waals surface area (Å²) in [5, 5.41) is 7.31. The highest BCUT2D eigenvalue weighted by atomic mass is 35.5. The number of amides is 1. The number of piperazine rings is 1. The van der Waals surface area contributed by atoms with Crippen LogP contribution in [0.1, 0.15) is 22.8 Å².